The summed E-state index contributed by atoms with van der Waals surface area (Å²) in [5.41, 5.74) is 0. The van der Waals surface area contributed by atoms with E-state index in [1.165, 1.54) is 19.3 Å². The second kappa shape index (κ2) is 4.61. The van der Waals surface area contributed by atoms with Gasteiger partial charge in [-0.1, -0.05) is 13.3 Å². The Morgan fingerprint density at radius 2 is 2.15 bits per heavy atom. The maximum Gasteiger partial charge on any atom is 0.236 e. The van der Waals surface area contributed by atoms with Crippen LogP contribution >= 0.6 is 0 Å². The molecule has 3 unspecified atom stereocenters. The van der Waals surface area contributed by atoms with Gasteiger partial charge in [-0.2, -0.15) is 0 Å². The molecule has 1 saturated carbocycles. The van der Waals surface area contributed by atoms with Crippen molar-refractivity contribution in [2.24, 2.45) is 5.92 Å². The van der Waals surface area contributed by atoms with Gasteiger partial charge in [0.2, 0.25) is 5.91 Å². The van der Waals surface area contributed by atoms with Crippen LogP contribution in [0.4, 0.5) is 0 Å². The molecule has 76 valence electrons. The first-order chi connectivity index (χ1) is 6.15. The lowest BCUT2D eigenvalue weighted by molar-refractivity contribution is -0.122. The standard InChI is InChI=1S/C10H20N2O/c1-7-5-4-6-9(7)12-8(2)10(13)11-3/h7-9,12H,4-6H2,1-3H3,(H,11,13). The van der Waals surface area contributed by atoms with Crippen LogP contribution in [-0.4, -0.2) is 25.0 Å². The smallest absolute Gasteiger partial charge is 0.236 e. The van der Waals surface area contributed by atoms with Crippen LogP contribution in [-0.2, 0) is 4.79 Å². The highest BCUT2D eigenvalue weighted by molar-refractivity contribution is 5.80. The summed E-state index contributed by atoms with van der Waals surface area (Å²) in [6.45, 7) is 4.17. The summed E-state index contributed by atoms with van der Waals surface area (Å²) in [5.74, 6) is 0.797. The van der Waals surface area contributed by atoms with E-state index in [1.807, 2.05) is 6.92 Å². The van der Waals surface area contributed by atoms with E-state index in [0.717, 1.165) is 0 Å². The van der Waals surface area contributed by atoms with E-state index >= 15 is 0 Å². The SMILES string of the molecule is CNC(=O)C(C)NC1CCCC1C. The van der Waals surface area contributed by atoms with E-state index in [2.05, 4.69) is 17.6 Å². The molecule has 3 nitrogen and oxygen atoms in total. The molecule has 1 rings (SSSR count). The van der Waals surface area contributed by atoms with Crippen molar-refractivity contribution >= 4 is 5.91 Å². The lowest BCUT2D eigenvalue weighted by Gasteiger charge is -2.21. The predicted octanol–water partition coefficient (Wildman–Crippen LogP) is 0.899. The molecule has 3 heteroatoms. The largest absolute Gasteiger partial charge is 0.358 e. The van der Waals surface area contributed by atoms with Gasteiger partial charge in [0.05, 0.1) is 6.04 Å². The van der Waals surface area contributed by atoms with Gasteiger partial charge < -0.3 is 10.6 Å². The van der Waals surface area contributed by atoms with Crippen molar-refractivity contribution in [3.63, 3.8) is 0 Å². The quantitative estimate of drug-likeness (QED) is 0.684. The Hall–Kier alpha value is -0.570. The van der Waals surface area contributed by atoms with E-state index < -0.39 is 0 Å². The monoisotopic (exact) mass is 184 g/mol. The van der Waals surface area contributed by atoms with Crippen LogP contribution in [0.2, 0.25) is 0 Å². The second-order valence-corrected chi connectivity index (χ2v) is 4.02. The molecule has 0 saturated heterocycles. The molecule has 0 heterocycles. The minimum absolute atomic E-state index is 0.0597. The molecular weight excluding hydrogens is 164 g/mol. The summed E-state index contributed by atoms with van der Waals surface area (Å²) in [7, 11) is 1.68. The topological polar surface area (TPSA) is 41.1 Å². The summed E-state index contributed by atoms with van der Waals surface area (Å²) in [6.07, 6.45) is 3.79. The van der Waals surface area contributed by atoms with Gasteiger partial charge >= 0.3 is 0 Å². The number of likely N-dealkylation sites (N-methyl/N-ethyl adjacent to an activating group) is 1. The number of carbonyl (C=O) groups excluding carboxylic acids is 1. The first-order valence-corrected chi connectivity index (χ1v) is 5.12. The summed E-state index contributed by atoms with van der Waals surface area (Å²) in [6, 6.07) is 0.475. The van der Waals surface area contributed by atoms with E-state index in [4.69, 9.17) is 0 Å². The summed E-state index contributed by atoms with van der Waals surface area (Å²) >= 11 is 0. The van der Waals surface area contributed by atoms with Gasteiger partial charge in [0.1, 0.15) is 0 Å². The Balaban J connectivity index is 2.34. The Kier molecular flexibility index (Phi) is 3.72. The predicted molar refractivity (Wildman–Crippen MR) is 53.5 cm³/mol. The fraction of sp³-hybridized carbons (Fsp3) is 0.900. The minimum atomic E-state index is -0.0597. The third-order valence-corrected chi connectivity index (χ3v) is 2.97. The molecule has 1 amide bonds. The molecule has 0 radical (unpaired) electrons. The Morgan fingerprint density at radius 3 is 2.62 bits per heavy atom. The third kappa shape index (κ3) is 2.69. The molecule has 0 aromatic rings. The van der Waals surface area contributed by atoms with Crippen LogP contribution in [0.3, 0.4) is 0 Å². The third-order valence-electron chi connectivity index (χ3n) is 2.97. The maximum atomic E-state index is 11.2. The normalized spacial score (nSPS) is 30.1. The summed E-state index contributed by atoms with van der Waals surface area (Å²) in [5, 5.41) is 6.02. The first kappa shape index (κ1) is 10.5. The van der Waals surface area contributed by atoms with Crippen LogP contribution in [0.1, 0.15) is 33.1 Å². The number of amides is 1. The highest BCUT2D eigenvalue weighted by Gasteiger charge is 2.25. The Bertz CT molecular complexity index is 182. The number of nitrogens with one attached hydrogen (secondary N) is 2. The number of hydrogen-bond acceptors (Lipinski definition) is 2. The zero-order chi connectivity index (χ0) is 9.84. The van der Waals surface area contributed by atoms with Crippen LogP contribution in [0.25, 0.3) is 0 Å². The minimum Gasteiger partial charge on any atom is -0.358 e. The summed E-state index contributed by atoms with van der Waals surface area (Å²) in [4.78, 5) is 11.2. The van der Waals surface area contributed by atoms with Crippen molar-refractivity contribution in [3.8, 4) is 0 Å². The molecule has 1 fully saturated rings. The molecule has 13 heavy (non-hydrogen) atoms. The second-order valence-electron chi connectivity index (χ2n) is 4.02. The molecule has 0 spiro atoms. The molecule has 0 aromatic heterocycles. The van der Waals surface area contributed by atoms with Gasteiger partial charge in [-0.25, -0.2) is 0 Å². The summed E-state index contributed by atoms with van der Waals surface area (Å²) < 4.78 is 0. The van der Waals surface area contributed by atoms with Gasteiger partial charge in [-0.15, -0.1) is 0 Å². The van der Waals surface area contributed by atoms with Crippen LogP contribution in [0.15, 0.2) is 0 Å². The van der Waals surface area contributed by atoms with Gasteiger partial charge in [-0.05, 0) is 25.7 Å². The Morgan fingerprint density at radius 1 is 1.46 bits per heavy atom. The Labute approximate surface area is 80.3 Å². The number of hydrogen-bond donors (Lipinski definition) is 2. The van der Waals surface area contributed by atoms with E-state index in [0.29, 0.717) is 12.0 Å². The van der Waals surface area contributed by atoms with Crippen molar-refractivity contribution in [2.45, 2.75) is 45.2 Å². The van der Waals surface area contributed by atoms with Crippen molar-refractivity contribution in [2.75, 3.05) is 7.05 Å². The van der Waals surface area contributed by atoms with Gasteiger partial charge in [0.15, 0.2) is 0 Å². The maximum absolute atomic E-state index is 11.2. The van der Waals surface area contributed by atoms with Gasteiger partial charge in [0.25, 0.3) is 0 Å². The van der Waals surface area contributed by atoms with Crippen LogP contribution in [0, 0.1) is 5.92 Å². The molecule has 0 bridgehead atoms. The van der Waals surface area contributed by atoms with Crippen molar-refractivity contribution in [1.29, 1.82) is 0 Å². The van der Waals surface area contributed by atoms with Crippen LogP contribution in [0.5, 0.6) is 0 Å². The molecule has 2 N–H and O–H groups in total. The highest BCUT2D eigenvalue weighted by Crippen LogP contribution is 2.24. The molecule has 1 aliphatic rings. The van der Waals surface area contributed by atoms with E-state index in [9.17, 15) is 4.79 Å². The van der Waals surface area contributed by atoms with Crippen molar-refractivity contribution in [3.05, 3.63) is 0 Å². The fourth-order valence-corrected chi connectivity index (χ4v) is 2.01. The average molecular weight is 184 g/mol. The molecule has 3 atom stereocenters. The van der Waals surface area contributed by atoms with Crippen molar-refractivity contribution in [1.82, 2.24) is 10.6 Å². The van der Waals surface area contributed by atoms with Gasteiger partial charge in [-0.3, -0.25) is 4.79 Å². The fourth-order valence-electron chi connectivity index (χ4n) is 2.01. The number of rotatable bonds is 3. The zero-order valence-electron chi connectivity index (χ0n) is 8.76. The van der Waals surface area contributed by atoms with Crippen LogP contribution < -0.4 is 10.6 Å². The number of carbonyl (C=O) groups is 1. The van der Waals surface area contributed by atoms with Crippen molar-refractivity contribution < 1.29 is 4.79 Å². The van der Waals surface area contributed by atoms with E-state index in [1.54, 1.807) is 7.05 Å². The van der Waals surface area contributed by atoms with E-state index in [-0.39, 0.29) is 11.9 Å². The van der Waals surface area contributed by atoms with Gasteiger partial charge in [0, 0.05) is 13.1 Å². The average Bonchev–Trinajstić information content (AvgIpc) is 2.50. The zero-order valence-corrected chi connectivity index (χ0v) is 8.76. The lowest BCUT2D eigenvalue weighted by atomic mass is 10.1. The highest BCUT2D eigenvalue weighted by atomic mass is 16.2. The molecular formula is C10H20N2O. The lowest BCUT2D eigenvalue weighted by Crippen LogP contribution is -2.46. The molecule has 1 aliphatic carbocycles. The molecule has 0 aromatic carbocycles. The molecule has 0 aliphatic heterocycles. The first-order valence-electron chi connectivity index (χ1n) is 5.12.